The van der Waals surface area contributed by atoms with Crippen LogP contribution in [0, 0.1) is 5.92 Å². The zero-order chi connectivity index (χ0) is 13.9. The second-order valence-corrected chi connectivity index (χ2v) is 5.99. The molecular formula is C16H35NO. The van der Waals surface area contributed by atoms with Gasteiger partial charge >= 0.3 is 0 Å². The van der Waals surface area contributed by atoms with Crippen LogP contribution < -0.4 is 5.73 Å². The third kappa shape index (κ3) is 8.10. The molecule has 0 bridgehead atoms. The number of ether oxygens (including phenoxy) is 1. The van der Waals surface area contributed by atoms with Gasteiger partial charge < -0.3 is 10.5 Å². The van der Waals surface area contributed by atoms with Gasteiger partial charge in [0.25, 0.3) is 0 Å². The summed E-state index contributed by atoms with van der Waals surface area (Å²) in [4.78, 5) is 0. The largest absolute Gasteiger partial charge is 0.379 e. The molecule has 0 fully saturated rings. The Bertz CT molecular complexity index is 180. The first kappa shape index (κ1) is 17.9. The highest BCUT2D eigenvalue weighted by Gasteiger charge is 2.27. The SMILES string of the molecule is CCCCCCCC[C@H](CCCN)C(C)(C)OC. The van der Waals surface area contributed by atoms with Crippen molar-refractivity contribution in [3.8, 4) is 0 Å². The van der Waals surface area contributed by atoms with Crippen LogP contribution in [-0.4, -0.2) is 19.3 Å². The smallest absolute Gasteiger partial charge is 0.0650 e. The lowest BCUT2D eigenvalue weighted by molar-refractivity contribution is -0.0348. The number of hydrogen-bond acceptors (Lipinski definition) is 2. The number of rotatable bonds is 12. The summed E-state index contributed by atoms with van der Waals surface area (Å²) in [5.41, 5.74) is 5.63. The molecule has 2 N–H and O–H groups in total. The molecule has 0 aromatic heterocycles. The van der Waals surface area contributed by atoms with Crippen molar-refractivity contribution in [3.63, 3.8) is 0 Å². The molecule has 0 radical (unpaired) electrons. The van der Waals surface area contributed by atoms with Crippen LogP contribution in [-0.2, 0) is 4.74 Å². The Kier molecular flexibility index (Phi) is 10.8. The van der Waals surface area contributed by atoms with Gasteiger partial charge in [0.2, 0.25) is 0 Å². The highest BCUT2D eigenvalue weighted by molar-refractivity contribution is 4.79. The molecule has 0 saturated heterocycles. The number of methoxy groups -OCH3 is 1. The average Bonchev–Trinajstić information content (AvgIpc) is 2.36. The molecule has 0 amide bonds. The fourth-order valence-corrected chi connectivity index (χ4v) is 2.54. The van der Waals surface area contributed by atoms with Gasteiger partial charge in [-0.05, 0) is 45.6 Å². The minimum Gasteiger partial charge on any atom is -0.379 e. The molecule has 2 nitrogen and oxygen atoms in total. The summed E-state index contributed by atoms with van der Waals surface area (Å²) in [7, 11) is 1.83. The quantitative estimate of drug-likeness (QED) is 0.522. The maximum Gasteiger partial charge on any atom is 0.0650 e. The fraction of sp³-hybridized carbons (Fsp3) is 1.00. The molecule has 0 aromatic rings. The van der Waals surface area contributed by atoms with Gasteiger partial charge in [-0.3, -0.25) is 0 Å². The van der Waals surface area contributed by atoms with Crippen LogP contribution in [0.15, 0.2) is 0 Å². The van der Waals surface area contributed by atoms with Gasteiger partial charge in [0.15, 0.2) is 0 Å². The van der Waals surface area contributed by atoms with E-state index in [-0.39, 0.29) is 5.60 Å². The van der Waals surface area contributed by atoms with Crippen LogP contribution >= 0.6 is 0 Å². The molecular weight excluding hydrogens is 222 g/mol. The maximum absolute atomic E-state index is 5.65. The molecule has 0 heterocycles. The highest BCUT2D eigenvalue weighted by Crippen LogP contribution is 2.30. The highest BCUT2D eigenvalue weighted by atomic mass is 16.5. The monoisotopic (exact) mass is 257 g/mol. The van der Waals surface area contributed by atoms with Gasteiger partial charge in [0.1, 0.15) is 0 Å². The van der Waals surface area contributed by atoms with Crippen LogP contribution in [0.25, 0.3) is 0 Å². The molecule has 0 aliphatic rings. The second kappa shape index (κ2) is 10.8. The van der Waals surface area contributed by atoms with Crippen LogP contribution in [0.5, 0.6) is 0 Å². The van der Waals surface area contributed by atoms with E-state index in [1.165, 1.54) is 51.4 Å². The van der Waals surface area contributed by atoms with E-state index >= 15 is 0 Å². The first-order chi connectivity index (χ1) is 8.58. The van der Waals surface area contributed by atoms with Crippen LogP contribution in [0.4, 0.5) is 0 Å². The Balaban J connectivity index is 3.87. The van der Waals surface area contributed by atoms with Gasteiger partial charge in [-0.2, -0.15) is 0 Å². The van der Waals surface area contributed by atoms with E-state index in [0.29, 0.717) is 5.92 Å². The van der Waals surface area contributed by atoms with Gasteiger partial charge in [0, 0.05) is 7.11 Å². The van der Waals surface area contributed by atoms with Gasteiger partial charge in [0.05, 0.1) is 5.60 Å². The Hall–Kier alpha value is -0.0800. The van der Waals surface area contributed by atoms with Crippen molar-refractivity contribution < 1.29 is 4.74 Å². The molecule has 2 heteroatoms. The summed E-state index contributed by atoms with van der Waals surface area (Å²) in [5.74, 6) is 0.650. The minimum atomic E-state index is -0.00140. The molecule has 0 rings (SSSR count). The third-order valence-electron chi connectivity index (χ3n) is 4.17. The van der Waals surface area contributed by atoms with Crippen molar-refractivity contribution in [1.29, 1.82) is 0 Å². The van der Waals surface area contributed by atoms with Crippen molar-refractivity contribution in [2.75, 3.05) is 13.7 Å². The van der Waals surface area contributed by atoms with Crippen molar-refractivity contribution in [2.24, 2.45) is 11.7 Å². The predicted octanol–water partition coefficient (Wildman–Crippen LogP) is 4.52. The molecule has 0 aromatic carbocycles. The molecule has 1 atom stereocenters. The van der Waals surface area contributed by atoms with Crippen molar-refractivity contribution in [2.45, 2.75) is 84.2 Å². The van der Waals surface area contributed by atoms with Gasteiger partial charge in [-0.1, -0.05) is 45.4 Å². The van der Waals surface area contributed by atoms with E-state index in [1.807, 2.05) is 7.11 Å². The zero-order valence-electron chi connectivity index (χ0n) is 13.1. The van der Waals surface area contributed by atoms with E-state index in [0.717, 1.165) is 13.0 Å². The normalized spacial score (nSPS) is 13.8. The second-order valence-electron chi connectivity index (χ2n) is 5.99. The summed E-state index contributed by atoms with van der Waals surface area (Å²) < 4.78 is 5.65. The zero-order valence-corrected chi connectivity index (χ0v) is 13.1. The molecule has 18 heavy (non-hydrogen) atoms. The Labute approximate surface area is 115 Å². The fourth-order valence-electron chi connectivity index (χ4n) is 2.54. The summed E-state index contributed by atoms with van der Waals surface area (Å²) >= 11 is 0. The van der Waals surface area contributed by atoms with Crippen LogP contribution in [0.3, 0.4) is 0 Å². The Morgan fingerprint density at radius 2 is 1.50 bits per heavy atom. The lowest BCUT2D eigenvalue weighted by atomic mass is 9.82. The molecule has 0 aliphatic carbocycles. The first-order valence-corrected chi connectivity index (χ1v) is 7.83. The predicted molar refractivity (Wildman–Crippen MR) is 80.9 cm³/mol. The van der Waals surface area contributed by atoms with E-state index in [9.17, 15) is 0 Å². The standard InChI is InChI=1S/C16H35NO/c1-5-6-7-8-9-10-12-15(13-11-14-17)16(2,3)18-4/h15H,5-14,17H2,1-4H3/t15-/m1/s1. The molecule has 0 saturated carbocycles. The lowest BCUT2D eigenvalue weighted by Gasteiger charge is -2.33. The third-order valence-corrected chi connectivity index (χ3v) is 4.17. The van der Waals surface area contributed by atoms with E-state index in [2.05, 4.69) is 20.8 Å². The van der Waals surface area contributed by atoms with Gasteiger partial charge in [-0.25, -0.2) is 0 Å². The first-order valence-electron chi connectivity index (χ1n) is 7.83. The minimum absolute atomic E-state index is 0.00140. The number of unbranched alkanes of at least 4 members (excludes halogenated alkanes) is 5. The Morgan fingerprint density at radius 1 is 0.944 bits per heavy atom. The van der Waals surface area contributed by atoms with Crippen molar-refractivity contribution in [3.05, 3.63) is 0 Å². The van der Waals surface area contributed by atoms with E-state index < -0.39 is 0 Å². The molecule has 110 valence electrons. The number of hydrogen-bond donors (Lipinski definition) is 1. The van der Waals surface area contributed by atoms with Crippen molar-refractivity contribution >= 4 is 0 Å². The summed E-state index contributed by atoms with van der Waals surface area (Å²) in [6.45, 7) is 7.49. The summed E-state index contributed by atoms with van der Waals surface area (Å²) in [5, 5.41) is 0. The number of nitrogens with two attached hydrogens (primary N) is 1. The van der Waals surface area contributed by atoms with E-state index in [4.69, 9.17) is 10.5 Å². The van der Waals surface area contributed by atoms with Crippen molar-refractivity contribution in [1.82, 2.24) is 0 Å². The Morgan fingerprint density at radius 3 is 2.06 bits per heavy atom. The summed E-state index contributed by atoms with van der Waals surface area (Å²) in [6.07, 6.45) is 11.8. The van der Waals surface area contributed by atoms with Crippen LogP contribution in [0.1, 0.15) is 78.6 Å². The summed E-state index contributed by atoms with van der Waals surface area (Å²) in [6, 6.07) is 0. The van der Waals surface area contributed by atoms with Crippen LogP contribution in [0.2, 0.25) is 0 Å². The lowest BCUT2D eigenvalue weighted by Crippen LogP contribution is -2.33. The molecule has 0 unspecified atom stereocenters. The topological polar surface area (TPSA) is 35.2 Å². The average molecular weight is 257 g/mol. The van der Waals surface area contributed by atoms with Gasteiger partial charge in [-0.15, -0.1) is 0 Å². The van der Waals surface area contributed by atoms with E-state index in [1.54, 1.807) is 0 Å². The molecule has 0 spiro atoms. The molecule has 0 aliphatic heterocycles. The maximum atomic E-state index is 5.65.